The number of anilines is 1. The van der Waals surface area contributed by atoms with Crippen molar-refractivity contribution in [3.8, 4) is 0 Å². The minimum absolute atomic E-state index is 0.0462. The summed E-state index contributed by atoms with van der Waals surface area (Å²) in [5, 5.41) is 8.13. The van der Waals surface area contributed by atoms with Crippen LogP contribution in [0, 0.1) is 6.92 Å². The Morgan fingerprint density at radius 2 is 1.86 bits per heavy atom. The van der Waals surface area contributed by atoms with Crippen LogP contribution in [0.3, 0.4) is 0 Å². The van der Waals surface area contributed by atoms with Crippen LogP contribution in [0.2, 0.25) is 0 Å². The van der Waals surface area contributed by atoms with Crippen LogP contribution in [0.1, 0.15) is 34.2 Å². The van der Waals surface area contributed by atoms with E-state index in [1.807, 2.05) is 32.2 Å². The van der Waals surface area contributed by atoms with E-state index in [0.29, 0.717) is 35.5 Å². The lowest BCUT2D eigenvalue weighted by molar-refractivity contribution is -0.0471. The predicted octanol–water partition coefficient (Wildman–Crippen LogP) is 3.05. The normalized spacial score (nSPS) is 14.5. The highest BCUT2D eigenvalue weighted by atomic mass is 32.2. The van der Waals surface area contributed by atoms with Crippen molar-refractivity contribution < 1.29 is 26.4 Å². The molecule has 0 radical (unpaired) electrons. The number of alkyl halides is 3. The van der Waals surface area contributed by atoms with E-state index in [-0.39, 0.29) is 29.8 Å². The number of hydrogen-bond donors (Lipinski definition) is 1. The average Bonchev–Trinajstić information content (AvgIpc) is 3.20. The molecule has 9 nitrogen and oxygen atoms in total. The highest BCUT2D eigenvalue weighted by Crippen LogP contribution is 2.27. The van der Waals surface area contributed by atoms with Gasteiger partial charge in [0.25, 0.3) is 5.91 Å². The summed E-state index contributed by atoms with van der Waals surface area (Å²) in [6, 6.07) is 10.7. The number of rotatable bonds is 6. The third kappa shape index (κ3) is 4.81. The molecule has 13 heteroatoms. The molecule has 4 rings (SSSR count). The van der Waals surface area contributed by atoms with E-state index < -0.39 is 15.5 Å². The first-order chi connectivity index (χ1) is 16.5. The van der Waals surface area contributed by atoms with E-state index in [0.717, 1.165) is 11.1 Å². The van der Waals surface area contributed by atoms with Crippen molar-refractivity contribution in [1.29, 1.82) is 0 Å². The second kappa shape index (κ2) is 9.21. The summed E-state index contributed by atoms with van der Waals surface area (Å²) >= 11 is 0. The summed E-state index contributed by atoms with van der Waals surface area (Å²) in [5.74, 6) is -0.256. The minimum Gasteiger partial charge on any atom is -0.347 e. The van der Waals surface area contributed by atoms with Crippen LogP contribution in [0.15, 0.2) is 47.7 Å². The van der Waals surface area contributed by atoms with Crippen molar-refractivity contribution in [3.63, 3.8) is 0 Å². The number of hydrogen-bond acceptors (Lipinski definition) is 6. The molecule has 0 saturated carbocycles. The molecule has 1 aromatic carbocycles. The summed E-state index contributed by atoms with van der Waals surface area (Å²) < 4.78 is 63.0. The summed E-state index contributed by atoms with van der Waals surface area (Å²) in [6.45, 7) is 3.71. The number of amides is 1. The number of carbonyl (C=O) groups excluding carboxylic acids is 1. The quantitative estimate of drug-likeness (QED) is 0.552. The molecule has 0 unspecified atom stereocenters. The standard InChI is InChI=1S/C22H23F3N6O3S/c1-3-18-20(30-9-8-15(2)12-19(30)28-18)21(32)26-13-16-4-6-17(7-5-16)31-11-10-29(14-27-31)35(33,34)22(23,24)25/h4-9,12,14H,3,10-11,13H2,1-2H3,(H,26,32). The Morgan fingerprint density at radius 3 is 2.46 bits per heavy atom. The highest BCUT2D eigenvalue weighted by Gasteiger charge is 2.50. The Hall–Kier alpha value is -3.61. The van der Waals surface area contributed by atoms with Crippen molar-refractivity contribution in [2.24, 2.45) is 5.10 Å². The van der Waals surface area contributed by atoms with Gasteiger partial charge >= 0.3 is 15.5 Å². The largest absolute Gasteiger partial charge is 0.516 e. The van der Waals surface area contributed by atoms with Crippen LogP contribution in [0.5, 0.6) is 0 Å². The Morgan fingerprint density at radius 1 is 1.14 bits per heavy atom. The maximum Gasteiger partial charge on any atom is 0.516 e. The van der Waals surface area contributed by atoms with Crippen LogP contribution >= 0.6 is 0 Å². The van der Waals surface area contributed by atoms with Gasteiger partial charge in [-0.15, -0.1) is 0 Å². The molecule has 0 atom stereocenters. The molecular formula is C22H23F3N6O3S. The molecule has 0 fully saturated rings. The molecule has 1 amide bonds. The van der Waals surface area contributed by atoms with Gasteiger partial charge in [-0.1, -0.05) is 19.1 Å². The number of halogens is 3. The Balaban J connectivity index is 1.42. The summed E-state index contributed by atoms with van der Waals surface area (Å²) in [4.78, 5) is 17.5. The maximum atomic E-state index is 12.9. The van der Waals surface area contributed by atoms with Crippen LogP contribution in [0.4, 0.5) is 18.9 Å². The number of nitrogens with one attached hydrogen (secondary N) is 1. The maximum absolute atomic E-state index is 12.9. The van der Waals surface area contributed by atoms with Gasteiger partial charge in [0.2, 0.25) is 0 Å². The summed E-state index contributed by atoms with van der Waals surface area (Å²) in [6.07, 6.45) is 3.08. The van der Waals surface area contributed by atoms with Crippen molar-refractivity contribution >= 4 is 33.6 Å². The topological polar surface area (TPSA) is 99.4 Å². The zero-order valence-corrected chi connectivity index (χ0v) is 19.8. The summed E-state index contributed by atoms with van der Waals surface area (Å²) in [5.41, 5.74) is -1.07. The number of aryl methyl sites for hydroxylation is 2. The third-order valence-electron chi connectivity index (χ3n) is 5.54. The fourth-order valence-electron chi connectivity index (χ4n) is 3.67. The first kappa shape index (κ1) is 24.5. The van der Waals surface area contributed by atoms with E-state index in [1.54, 1.807) is 28.7 Å². The lowest BCUT2D eigenvalue weighted by atomic mass is 10.2. The van der Waals surface area contributed by atoms with Crippen molar-refractivity contribution in [2.75, 3.05) is 18.1 Å². The second-order valence-electron chi connectivity index (χ2n) is 7.96. The van der Waals surface area contributed by atoms with E-state index in [4.69, 9.17) is 0 Å². The number of aromatic nitrogens is 2. The van der Waals surface area contributed by atoms with Gasteiger partial charge in [0.05, 0.1) is 24.5 Å². The lowest BCUT2D eigenvalue weighted by Crippen LogP contribution is -2.46. The molecule has 0 aliphatic carbocycles. The van der Waals surface area contributed by atoms with E-state index >= 15 is 0 Å². The average molecular weight is 509 g/mol. The van der Waals surface area contributed by atoms with E-state index in [1.165, 1.54) is 5.01 Å². The van der Waals surface area contributed by atoms with Gasteiger partial charge in [0, 0.05) is 12.7 Å². The first-order valence-corrected chi connectivity index (χ1v) is 12.2. The molecule has 0 saturated heterocycles. The number of sulfonamides is 1. The number of hydrazone groups is 1. The van der Waals surface area contributed by atoms with Crippen LogP contribution in [0.25, 0.3) is 5.65 Å². The van der Waals surface area contributed by atoms with Gasteiger partial charge in [-0.25, -0.2) is 9.29 Å². The SMILES string of the molecule is CCc1nc2cc(C)ccn2c1C(=O)NCc1ccc(N2CCN(S(=O)(=O)C(F)(F)F)C=N2)cc1. The monoisotopic (exact) mass is 508 g/mol. The molecule has 1 N–H and O–H groups in total. The van der Waals surface area contributed by atoms with Crippen molar-refractivity contribution in [1.82, 2.24) is 19.0 Å². The van der Waals surface area contributed by atoms with Gasteiger partial charge < -0.3 is 5.32 Å². The molecule has 0 bridgehead atoms. The Labute approximate surface area is 199 Å². The molecule has 35 heavy (non-hydrogen) atoms. The smallest absolute Gasteiger partial charge is 0.347 e. The first-order valence-electron chi connectivity index (χ1n) is 10.8. The predicted molar refractivity (Wildman–Crippen MR) is 124 cm³/mol. The molecule has 3 aromatic rings. The number of nitrogens with zero attached hydrogens (tertiary/aromatic N) is 5. The molecule has 186 valence electrons. The second-order valence-corrected chi connectivity index (χ2v) is 9.84. The third-order valence-corrected chi connectivity index (χ3v) is 7.02. The minimum atomic E-state index is -5.46. The molecular weight excluding hydrogens is 485 g/mol. The van der Waals surface area contributed by atoms with E-state index in [2.05, 4.69) is 15.4 Å². The van der Waals surface area contributed by atoms with E-state index in [9.17, 15) is 26.4 Å². The number of fused-ring (bicyclic) bond motifs is 1. The number of benzene rings is 1. The number of carbonyl (C=O) groups is 1. The molecule has 2 aromatic heterocycles. The fraction of sp³-hybridized carbons (Fsp3) is 0.318. The Kier molecular flexibility index (Phi) is 6.45. The number of imidazole rings is 1. The van der Waals surface area contributed by atoms with Gasteiger partial charge in [0.15, 0.2) is 0 Å². The Bertz CT molecular complexity index is 1380. The molecule has 1 aliphatic rings. The highest BCUT2D eigenvalue weighted by molar-refractivity contribution is 7.90. The van der Waals surface area contributed by atoms with Crippen molar-refractivity contribution in [2.45, 2.75) is 32.3 Å². The number of pyridine rings is 1. The van der Waals surface area contributed by atoms with Gasteiger partial charge in [-0.2, -0.15) is 26.7 Å². The van der Waals surface area contributed by atoms with Gasteiger partial charge in [-0.3, -0.25) is 14.2 Å². The molecule has 1 aliphatic heterocycles. The fourth-order valence-corrected chi connectivity index (χ4v) is 4.43. The van der Waals surface area contributed by atoms with Crippen LogP contribution < -0.4 is 10.3 Å². The van der Waals surface area contributed by atoms with Gasteiger partial charge in [0.1, 0.15) is 17.7 Å². The van der Waals surface area contributed by atoms with Gasteiger partial charge in [-0.05, 0) is 48.7 Å². The zero-order valence-electron chi connectivity index (χ0n) is 19.0. The van der Waals surface area contributed by atoms with Crippen LogP contribution in [-0.4, -0.2) is 53.0 Å². The molecule has 3 heterocycles. The summed E-state index contributed by atoms with van der Waals surface area (Å²) in [7, 11) is -5.46. The zero-order chi connectivity index (χ0) is 25.4. The van der Waals surface area contributed by atoms with Crippen LogP contribution in [-0.2, 0) is 23.0 Å². The molecule has 0 spiro atoms. The van der Waals surface area contributed by atoms with Crippen molar-refractivity contribution in [3.05, 3.63) is 65.1 Å². The lowest BCUT2D eigenvalue weighted by Gasteiger charge is -2.29.